The standard InChI is InChI=1S/C3H7ClSi/c4-2-1-3-5/h1-2H,3H2,5H3. The maximum atomic E-state index is 5.14. The summed E-state index contributed by atoms with van der Waals surface area (Å²) >= 11 is 5.14. The second-order valence-electron chi connectivity index (χ2n) is 0.770. The molecule has 0 spiro atoms. The zero-order chi connectivity index (χ0) is 4.12. The molecule has 0 saturated carbocycles. The molecule has 0 aromatic carbocycles. The molecular formula is C3H7ClSi. The van der Waals surface area contributed by atoms with Gasteiger partial charge in [-0.25, -0.2) is 0 Å². The van der Waals surface area contributed by atoms with Crippen molar-refractivity contribution in [1.29, 1.82) is 0 Å². The van der Waals surface area contributed by atoms with E-state index in [1.807, 2.05) is 6.08 Å². The van der Waals surface area contributed by atoms with Crippen LogP contribution in [0.25, 0.3) is 0 Å². The normalized spacial score (nSPS) is 10.6. The predicted molar refractivity (Wildman–Crippen MR) is 29.7 cm³/mol. The molecule has 0 unspecified atom stereocenters. The van der Waals surface area contributed by atoms with Crippen LogP contribution in [0.5, 0.6) is 0 Å². The highest BCUT2D eigenvalue weighted by Crippen LogP contribution is 1.78. The molecule has 0 aromatic heterocycles. The second-order valence-corrected chi connectivity index (χ2v) is 1.84. The van der Waals surface area contributed by atoms with Crippen LogP contribution in [0.3, 0.4) is 0 Å². The van der Waals surface area contributed by atoms with E-state index in [-0.39, 0.29) is 0 Å². The van der Waals surface area contributed by atoms with Gasteiger partial charge in [-0.15, -0.1) is 0 Å². The van der Waals surface area contributed by atoms with Crippen LogP contribution in [0, 0.1) is 0 Å². The Balaban J connectivity index is 2.62. The molecule has 30 valence electrons. The fraction of sp³-hybridized carbons (Fsp3) is 0.333. The third-order valence-corrected chi connectivity index (χ3v) is 0.974. The molecule has 0 atom stereocenters. The van der Waals surface area contributed by atoms with Gasteiger partial charge in [0.25, 0.3) is 0 Å². The van der Waals surface area contributed by atoms with Crippen molar-refractivity contribution in [3.05, 3.63) is 11.6 Å². The number of allylic oxidation sites excluding steroid dienone is 1. The first-order valence-electron chi connectivity index (χ1n) is 1.67. The zero-order valence-electron chi connectivity index (χ0n) is 3.24. The van der Waals surface area contributed by atoms with Crippen LogP contribution in [0.1, 0.15) is 0 Å². The van der Waals surface area contributed by atoms with Gasteiger partial charge in [0.15, 0.2) is 0 Å². The van der Waals surface area contributed by atoms with Crippen molar-refractivity contribution in [3.8, 4) is 0 Å². The van der Waals surface area contributed by atoms with Crippen LogP contribution in [0.4, 0.5) is 0 Å². The average Bonchev–Trinajstić information content (AvgIpc) is 1.41. The Morgan fingerprint density at radius 1 is 1.80 bits per heavy atom. The van der Waals surface area contributed by atoms with Crippen molar-refractivity contribution >= 4 is 21.8 Å². The van der Waals surface area contributed by atoms with Crippen molar-refractivity contribution in [3.63, 3.8) is 0 Å². The van der Waals surface area contributed by atoms with E-state index < -0.39 is 0 Å². The van der Waals surface area contributed by atoms with E-state index in [1.54, 1.807) is 5.54 Å². The minimum Gasteiger partial charge on any atom is -0.0933 e. The maximum Gasteiger partial charge on any atom is 0.00760 e. The lowest BCUT2D eigenvalue weighted by atomic mass is 10.8. The van der Waals surface area contributed by atoms with Crippen LogP contribution in [-0.4, -0.2) is 10.2 Å². The molecule has 0 heterocycles. The predicted octanol–water partition coefficient (Wildman–Crippen LogP) is 0.523. The van der Waals surface area contributed by atoms with E-state index in [2.05, 4.69) is 0 Å². The van der Waals surface area contributed by atoms with Crippen molar-refractivity contribution in [2.75, 3.05) is 0 Å². The van der Waals surface area contributed by atoms with E-state index in [0.717, 1.165) is 0 Å². The summed E-state index contributed by atoms with van der Waals surface area (Å²) in [6.45, 7) is 0. The van der Waals surface area contributed by atoms with Crippen molar-refractivity contribution < 1.29 is 0 Å². The summed E-state index contributed by atoms with van der Waals surface area (Å²) in [5.41, 5.74) is 1.56. The Morgan fingerprint density at radius 3 is 2.40 bits per heavy atom. The van der Waals surface area contributed by atoms with E-state index >= 15 is 0 Å². The summed E-state index contributed by atoms with van der Waals surface area (Å²) in [6.07, 6.45) is 1.95. The van der Waals surface area contributed by atoms with Gasteiger partial charge in [-0.1, -0.05) is 17.7 Å². The highest BCUT2D eigenvalue weighted by atomic mass is 35.5. The summed E-state index contributed by atoms with van der Waals surface area (Å²) in [5, 5.41) is 0. The van der Waals surface area contributed by atoms with Crippen LogP contribution in [0.2, 0.25) is 6.04 Å². The summed E-state index contributed by atoms with van der Waals surface area (Å²) in [4.78, 5) is 0. The Hall–Kier alpha value is 0.247. The van der Waals surface area contributed by atoms with Gasteiger partial charge in [-0.2, -0.15) is 0 Å². The minimum atomic E-state index is 1.17. The monoisotopic (exact) mass is 106 g/mol. The number of rotatable bonds is 1. The third-order valence-electron chi connectivity index (χ3n) is 0.325. The van der Waals surface area contributed by atoms with E-state index in [4.69, 9.17) is 11.6 Å². The fourth-order valence-electron chi connectivity index (χ4n) is 0.0891. The Morgan fingerprint density at radius 2 is 2.40 bits per heavy atom. The van der Waals surface area contributed by atoms with Crippen LogP contribution in [-0.2, 0) is 0 Å². The third kappa shape index (κ3) is 4.25. The Kier molecular flexibility index (Phi) is 4.46. The molecule has 0 nitrogen and oxygen atoms in total. The molecule has 0 aromatic rings. The molecule has 0 radical (unpaired) electrons. The number of halogens is 1. The smallest absolute Gasteiger partial charge is 0.00760 e. The molecule has 0 rings (SSSR count). The van der Waals surface area contributed by atoms with Crippen molar-refractivity contribution in [2.45, 2.75) is 6.04 Å². The highest BCUT2D eigenvalue weighted by molar-refractivity contribution is 6.25. The van der Waals surface area contributed by atoms with E-state index in [0.29, 0.717) is 0 Å². The number of hydrogen-bond donors (Lipinski definition) is 0. The molecule has 0 bridgehead atoms. The minimum absolute atomic E-state index is 1.17. The Labute approximate surface area is 40.3 Å². The summed E-state index contributed by atoms with van der Waals surface area (Å²) in [7, 11) is 1.23. The highest BCUT2D eigenvalue weighted by Gasteiger charge is 1.54. The van der Waals surface area contributed by atoms with Gasteiger partial charge < -0.3 is 0 Å². The summed E-state index contributed by atoms with van der Waals surface area (Å²) in [6, 6.07) is 1.17. The largest absolute Gasteiger partial charge is 0.0933 e. The fourth-order valence-corrected chi connectivity index (χ4v) is 0.802. The van der Waals surface area contributed by atoms with Gasteiger partial charge in [0.2, 0.25) is 0 Å². The van der Waals surface area contributed by atoms with Gasteiger partial charge >= 0.3 is 0 Å². The lowest BCUT2D eigenvalue weighted by Crippen LogP contribution is -1.49. The van der Waals surface area contributed by atoms with Crippen LogP contribution < -0.4 is 0 Å². The molecule has 0 aliphatic heterocycles. The molecule has 0 amide bonds. The van der Waals surface area contributed by atoms with E-state index in [9.17, 15) is 0 Å². The molecule has 0 aliphatic rings. The molecule has 5 heavy (non-hydrogen) atoms. The Bertz CT molecular complexity index is 33.9. The molecule has 0 N–H and O–H groups in total. The van der Waals surface area contributed by atoms with Gasteiger partial charge in [0.05, 0.1) is 0 Å². The second kappa shape index (κ2) is 4.25. The summed E-state index contributed by atoms with van der Waals surface area (Å²) < 4.78 is 0. The molecule has 0 fully saturated rings. The lowest BCUT2D eigenvalue weighted by molar-refractivity contribution is 1.75. The summed E-state index contributed by atoms with van der Waals surface area (Å²) in [5.74, 6) is 0. The van der Waals surface area contributed by atoms with Crippen LogP contribution >= 0.6 is 11.6 Å². The van der Waals surface area contributed by atoms with Gasteiger partial charge in [-0.3, -0.25) is 0 Å². The quantitative estimate of drug-likeness (QED) is 0.428. The van der Waals surface area contributed by atoms with Crippen molar-refractivity contribution in [2.24, 2.45) is 0 Å². The van der Waals surface area contributed by atoms with E-state index in [1.165, 1.54) is 16.3 Å². The molecular weight excluding hydrogens is 99.6 g/mol. The molecule has 2 heteroatoms. The first kappa shape index (κ1) is 5.25. The zero-order valence-corrected chi connectivity index (χ0v) is 6.00. The number of hydrogen-bond acceptors (Lipinski definition) is 0. The van der Waals surface area contributed by atoms with Gasteiger partial charge in [-0.05, 0) is 11.6 Å². The maximum absolute atomic E-state index is 5.14. The SMILES string of the molecule is [SiH3]CC=CCl. The first-order valence-corrected chi connectivity index (χ1v) is 3.52. The van der Waals surface area contributed by atoms with Crippen LogP contribution in [0.15, 0.2) is 11.6 Å². The van der Waals surface area contributed by atoms with Gasteiger partial charge in [0.1, 0.15) is 0 Å². The molecule has 0 saturated heterocycles. The average molecular weight is 107 g/mol. The first-order chi connectivity index (χ1) is 2.41. The molecule has 0 aliphatic carbocycles. The van der Waals surface area contributed by atoms with Gasteiger partial charge in [0, 0.05) is 10.2 Å². The van der Waals surface area contributed by atoms with Crippen molar-refractivity contribution in [1.82, 2.24) is 0 Å². The lowest BCUT2D eigenvalue weighted by Gasteiger charge is -1.62. The topological polar surface area (TPSA) is 0 Å².